The molecule has 2 rings (SSSR count). The summed E-state index contributed by atoms with van der Waals surface area (Å²) < 4.78 is 13.7. The van der Waals surface area contributed by atoms with Crippen molar-refractivity contribution in [2.45, 2.75) is 40.5 Å². The topological polar surface area (TPSA) is 41.1 Å². The number of nitrogens with zero attached hydrogens (tertiary/aromatic N) is 3. The number of nitrogens with one attached hydrogen (secondary N) is 1. The van der Waals surface area contributed by atoms with Crippen molar-refractivity contribution in [3.8, 4) is 0 Å². The molecule has 23 heavy (non-hydrogen) atoms. The number of hydrogen-bond donors (Lipinski definition) is 1. The number of aromatic nitrogens is 2. The molecule has 124 valence electrons. The van der Waals surface area contributed by atoms with E-state index in [4.69, 9.17) is 0 Å². The molecule has 0 bridgehead atoms. The monoisotopic (exact) mass is 316 g/mol. The van der Waals surface area contributed by atoms with E-state index in [2.05, 4.69) is 41.0 Å². The van der Waals surface area contributed by atoms with Crippen LogP contribution in [0.1, 0.15) is 38.4 Å². The summed E-state index contributed by atoms with van der Waals surface area (Å²) in [7, 11) is 0. The van der Waals surface area contributed by atoms with Gasteiger partial charge in [0, 0.05) is 30.5 Å². The quantitative estimate of drug-likeness (QED) is 0.818. The van der Waals surface area contributed by atoms with Crippen LogP contribution in [0.3, 0.4) is 0 Å². The Morgan fingerprint density at radius 1 is 1.09 bits per heavy atom. The van der Waals surface area contributed by atoms with Crippen molar-refractivity contribution < 1.29 is 4.39 Å². The van der Waals surface area contributed by atoms with E-state index in [1.807, 2.05) is 12.1 Å². The first-order valence-electron chi connectivity index (χ1n) is 8.23. The Morgan fingerprint density at radius 3 is 2.43 bits per heavy atom. The molecule has 0 aliphatic carbocycles. The fourth-order valence-electron chi connectivity index (χ4n) is 2.43. The zero-order valence-corrected chi connectivity index (χ0v) is 14.4. The van der Waals surface area contributed by atoms with Crippen LogP contribution in [0.15, 0.2) is 24.3 Å². The maximum absolute atomic E-state index is 13.7. The molecule has 0 aliphatic rings. The Kier molecular flexibility index (Phi) is 5.90. The summed E-state index contributed by atoms with van der Waals surface area (Å²) in [6, 6.07) is 7.10. The second-order valence-electron chi connectivity index (χ2n) is 5.55. The van der Waals surface area contributed by atoms with Gasteiger partial charge in [-0.05, 0) is 44.9 Å². The van der Waals surface area contributed by atoms with Crippen molar-refractivity contribution in [3.63, 3.8) is 0 Å². The van der Waals surface area contributed by atoms with E-state index in [0.717, 1.165) is 37.4 Å². The summed E-state index contributed by atoms with van der Waals surface area (Å²) >= 11 is 0. The molecule has 1 aromatic carbocycles. The van der Waals surface area contributed by atoms with Crippen molar-refractivity contribution in [2.24, 2.45) is 0 Å². The molecule has 0 atom stereocenters. The molecule has 1 heterocycles. The average molecular weight is 316 g/mol. The summed E-state index contributed by atoms with van der Waals surface area (Å²) in [5, 5.41) is 3.13. The van der Waals surface area contributed by atoms with Crippen LogP contribution in [0.5, 0.6) is 0 Å². The van der Waals surface area contributed by atoms with Gasteiger partial charge in [-0.15, -0.1) is 0 Å². The van der Waals surface area contributed by atoms with Gasteiger partial charge in [-0.2, -0.15) is 4.98 Å². The summed E-state index contributed by atoms with van der Waals surface area (Å²) in [5.41, 5.74) is 2.28. The van der Waals surface area contributed by atoms with Gasteiger partial charge in [0.25, 0.3) is 0 Å². The molecule has 2 aromatic rings. The van der Waals surface area contributed by atoms with E-state index in [0.29, 0.717) is 17.2 Å². The lowest BCUT2D eigenvalue weighted by atomic mass is 10.2. The van der Waals surface area contributed by atoms with E-state index in [-0.39, 0.29) is 5.82 Å². The van der Waals surface area contributed by atoms with Crippen molar-refractivity contribution in [1.82, 2.24) is 9.97 Å². The number of aryl methyl sites for hydroxylation is 2. The highest BCUT2D eigenvalue weighted by Crippen LogP contribution is 2.21. The second kappa shape index (κ2) is 7.90. The Bertz CT molecular complexity index is 653. The molecular weight excluding hydrogens is 291 g/mol. The van der Waals surface area contributed by atoms with Gasteiger partial charge >= 0.3 is 0 Å². The molecule has 1 aromatic heterocycles. The van der Waals surface area contributed by atoms with Crippen LogP contribution in [-0.2, 0) is 6.42 Å². The predicted octanol–water partition coefficient (Wildman–Crippen LogP) is 4.47. The lowest BCUT2D eigenvalue weighted by Crippen LogP contribution is -2.23. The third kappa shape index (κ3) is 4.41. The fourth-order valence-corrected chi connectivity index (χ4v) is 2.43. The van der Waals surface area contributed by atoms with E-state index >= 15 is 0 Å². The van der Waals surface area contributed by atoms with Gasteiger partial charge < -0.3 is 10.2 Å². The molecule has 0 spiro atoms. The highest BCUT2D eigenvalue weighted by Gasteiger charge is 2.10. The first kappa shape index (κ1) is 17.2. The van der Waals surface area contributed by atoms with Gasteiger partial charge in [0.2, 0.25) is 5.95 Å². The predicted molar refractivity (Wildman–Crippen MR) is 94.0 cm³/mol. The Hall–Kier alpha value is -2.17. The highest BCUT2D eigenvalue weighted by atomic mass is 19.1. The average Bonchev–Trinajstić information content (AvgIpc) is 2.52. The summed E-state index contributed by atoms with van der Waals surface area (Å²) in [6.45, 7) is 9.86. The summed E-state index contributed by atoms with van der Waals surface area (Å²) in [5.74, 6) is 1.19. The standard InChI is InChI=1S/C18H25FN4/c1-5-8-14-12-17(23(6-2)7-3)22-18(20-14)21-15-10-9-13(4)16(19)11-15/h9-12H,5-8H2,1-4H3,(H,20,21,22). The number of hydrogen-bond acceptors (Lipinski definition) is 4. The van der Waals surface area contributed by atoms with Gasteiger partial charge in [-0.25, -0.2) is 9.37 Å². The molecule has 4 nitrogen and oxygen atoms in total. The van der Waals surface area contributed by atoms with Gasteiger partial charge in [0.15, 0.2) is 0 Å². The van der Waals surface area contributed by atoms with E-state index in [1.165, 1.54) is 6.07 Å². The third-order valence-electron chi connectivity index (χ3n) is 3.79. The molecule has 0 amide bonds. The Balaban J connectivity index is 2.33. The summed E-state index contributed by atoms with van der Waals surface area (Å²) in [6.07, 6.45) is 1.92. The van der Waals surface area contributed by atoms with Crippen molar-refractivity contribution in [1.29, 1.82) is 0 Å². The highest BCUT2D eigenvalue weighted by molar-refractivity contribution is 5.56. The summed E-state index contributed by atoms with van der Waals surface area (Å²) in [4.78, 5) is 11.3. The van der Waals surface area contributed by atoms with Crippen molar-refractivity contribution in [2.75, 3.05) is 23.3 Å². The fraction of sp³-hybridized carbons (Fsp3) is 0.444. The first-order chi connectivity index (χ1) is 11.1. The first-order valence-corrected chi connectivity index (χ1v) is 8.23. The van der Waals surface area contributed by atoms with E-state index < -0.39 is 0 Å². The zero-order valence-electron chi connectivity index (χ0n) is 14.4. The van der Waals surface area contributed by atoms with Crippen LogP contribution in [0.2, 0.25) is 0 Å². The molecule has 0 aliphatic heterocycles. The van der Waals surface area contributed by atoms with Gasteiger partial charge in [0.1, 0.15) is 11.6 Å². The van der Waals surface area contributed by atoms with E-state index in [9.17, 15) is 4.39 Å². The molecule has 5 heteroatoms. The van der Waals surface area contributed by atoms with E-state index in [1.54, 1.807) is 13.0 Å². The van der Waals surface area contributed by atoms with Crippen LogP contribution < -0.4 is 10.2 Å². The number of benzene rings is 1. The minimum atomic E-state index is -0.233. The number of halogens is 1. The normalized spacial score (nSPS) is 10.7. The lowest BCUT2D eigenvalue weighted by molar-refractivity contribution is 0.619. The van der Waals surface area contributed by atoms with Crippen LogP contribution in [0.4, 0.5) is 21.8 Å². The van der Waals surface area contributed by atoms with Crippen molar-refractivity contribution in [3.05, 3.63) is 41.3 Å². The smallest absolute Gasteiger partial charge is 0.229 e. The Labute approximate surface area is 137 Å². The van der Waals surface area contributed by atoms with Crippen molar-refractivity contribution >= 4 is 17.5 Å². The minimum Gasteiger partial charge on any atom is -0.357 e. The third-order valence-corrected chi connectivity index (χ3v) is 3.79. The number of anilines is 3. The van der Waals surface area contributed by atoms with Crippen LogP contribution in [0.25, 0.3) is 0 Å². The van der Waals surface area contributed by atoms with Gasteiger partial charge in [0.05, 0.1) is 0 Å². The zero-order chi connectivity index (χ0) is 16.8. The molecule has 0 radical (unpaired) electrons. The molecular formula is C18H25FN4. The van der Waals surface area contributed by atoms with Crippen LogP contribution in [0, 0.1) is 12.7 Å². The largest absolute Gasteiger partial charge is 0.357 e. The maximum Gasteiger partial charge on any atom is 0.229 e. The number of rotatable bonds is 7. The SMILES string of the molecule is CCCc1cc(N(CC)CC)nc(Nc2ccc(C)c(F)c2)n1. The molecule has 0 saturated carbocycles. The maximum atomic E-state index is 13.7. The minimum absolute atomic E-state index is 0.233. The molecule has 0 unspecified atom stereocenters. The second-order valence-corrected chi connectivity index (χ2v) is 5.55. The van der Waals surface area contributed by atoms with Gasteiger partial charge in [-0.3, -0.25) is 0 Å². The van der Waals surface area contributed by atoms with Gasteiger partial charge in [-0.1, -0.05) is 19.4 Å². The van der Waals surface area contributed by atoms with Crippen LogP contribution >= 0.6 is 0 Å². The molecule has 0 saturated heterocycles. The Morgan fingerprint density at radius 2 is 1.83 bits per heavy atom. The molecule has 1 N–H and O–H groups in total. The lowest BCUT2D eigenvalue weighted by Gasteiger charge is -2.21. The van der Waals surface area contributed by atoms with Crippen LogP contribution in [-0.4, -0.2) is 23.1 Å². The molecule has 0 fully saturated rings.